The number of carbonyl (C=O) groups is 1. The molecule has 5 heteroatoms. The van der Waals surface area contributed by atoms with Crippen LogP contribution >= 0.6 is 34.8 Å². The van der Waals surface area contributed by atoms with E-state index in [0.717, 1.165) is 5.56 Å². The summed E-state index contributed by atoms with van der Waals surface area (Å²) < 4.78 is 0. The van der Waals surface area contributed by atoms with Gasteiger partial charge in [-0.2, -0.15) is 0 Å². The lowest BCUT2D eigenvalue weighted by molar-refractivity contribution is 0.0943. The first-order valence-electron chi connectivity index (χ1n) is 6.37. The minimum Gasteiger partial charge on any atom is -0.295 e. The second-order valence-corrected chi connectivity index (χ2v) is 6.11. The highest BCUT2D eigenvalue weighted by Crippen LogP contribution is 2.23. The van der Waals surface area contributed by atoms with Gasteiger partial charge in [-0.25, -0.2) is 0 Å². The Hall–Kier alpha value is -1.06. The molecule has 0 saturated heterocycles. The molecular formula is C16H14Cl3NO. The van der Waals surface area contributed by atoms with Gasteiger partial charge >= 0.3 is 0 Å². The highest BCUT2D eigenvalue weighted by molar-refractivity contribution is 6.42. The summed E-state index contributed by atoms with van der Waals surface area (Å²) >= 11 is 17.7. The third kappa shape index (κ3) is 4.72. The summed E-state index contributed by atoms with van der Waals surface area (Å²) in [5.41, 5.74) is 1.62. The molecule has 110 valence electrons. The lowest BCUT2D eigenvalue weighted by Gasteiger charge is -2.16. The van der Waals surface area contributed by atoms with Crippen LogP contribution in [0.2, 0.25) is 15.1 Å². The van der Waals surface area contributed by atoms with Crippen molar-refractivity contribution in [3.8, 4) is 0 Å². The van der Waals surface area contributed by atoms with E-state index in [2.05, 4.69) is 0 Å². The summed E-state index contributed by atoms with van der Waals surface area (Å²) in [6.45, 7) is 0.943. The summed E-state index contributed by atoms with van der Waals surface area (Å²) in [4.78, 5) is 14.1. The summed E-state index contributed by atoms with van der Waals surface area (Å²) in [6, 6.07) is 12.5. The molecule has 2 aromatic carbocycles. The standard InChI is InChI=1S/C16H14Cl3NO/c1-20(9-11-3-2-4-13(17)7-11)10-16(21)12-5-6-14(18)15(19)8-12/h2-8H,9-10H2,1H3. The zero-order chi connectivity index (χ0) is 15.4. The quantitative estimate of drug-likeness (QED) is 0.716. The molecule has 0 saturated carbocycles. The third-order valence-corrected chi connectivity index (χ3v) is 3.97. The van der Waals surface area contributed by atoms with Crippen LogP contribution in [0.5, 0.6) is 0 Å². The number of likely N-dealkylation sites (N-methyl/N-ethyl adjacent to an activating group) is 1. The first-order valence-corrected chi connectivity index (χ1v) is 7.50. The fraction of sp³-hybridized carbons (Fsp3) is 0.188. The first-order chi connectivity index (χ1) is 9.95. The van der Waals surface area contributed by atoms with E-state index in [9.17, 15) is 4.79 Å². The Bertz CT molecular complexity index is 658. The van der Waals surface area contributed by atoms with Crippen LogP contribution in [0.4, 0.5) is 0 Å². The summed E-state index contributed by atoms with van der Waals surface area (Å²) in [7, 11) is 1.89. The fourth-order valence-electron chi connectivity index (χ4n) is 2.01. The van der Waals surface area contributed by atoms with Crippen molar-refractivity contribution in [3.63, 3.8) is 0 Å². The van der Waals surface area contributed by atoms with Crippen molar-refractivity contribution < 1.29 is 4.79 Å². The smallest absolute Gasteiger partial charge is 0.176 e. The molecule has 0 unspecified atom stereocenters. The Balaban J connectivity index is 2.00. The maximum Gasteiger partial charge on any atom is 0.176 e. The van der Waals surface area contributed by atoms with Crippen LogP contribution in [0.25, 0.3) is 0 Å². The van der Waals surface area contributed by atoms with Gasteiger partial charge in [-0.1, -0.05) is 46.9 Å². The van der Waals surface area contributed by atoms with E-state index in [-0.39, 0.29) is 5.78 Å². The molecule has 0 bridgehead atoms. The van der Waals surface area contributed by atoms with E-state index in [1.807, 2.05) is 36.2 Å². The number of ketones is 1. The van der Waals surface area contributed by atoms with Crippen LogP contribution in [-0.2, 0) is 6.54 Å². The number of Topliss-reactive ketones (excluding diaryl/α,β-unsaturated/α-hetero) is 1. The van der Waals surface area contributed by atoms with Crippen LogP contribution in [0.3, 0.4) is 0 Å². The van der Waals surface area contributed by atoms with E-state index in [4.69, 9.17) is 34.8 Å². The predicted molar refractivity (Wildman–Crippen MR) is 88.6 cm³/mol. The zero-order valence-corrected chi connectivity index (χ0v) is 13.7. The molecule has 0 aliphatic carbocycles. The fourth-order valence-corrected chi connectivity index (χ4v) is 2.52. The molecule has 2 aromatic rings. The van der Waals surface area contributed by atoms with Crippen molar-refractivity contribution in [3.05, 3.63) is 68.7 Å². The molecule has 0 radical (unpaired) electrons. The van der Waals surface area contributed by atoms with E-state index in [1.54, 1.807) is 18.2 Å². The molecule has 2 nitrogen and oxygen atoms in total. The van der Waals surface area contributed by atoms with E-state index >= 15 is 0 Å². The van der Waals surface area contributed by atoms with Crippen molar-refractivity contribution in [1.82, 2.24) is 4.90 Å². The van der Waals surface area contributed by atoms with Gasteiger partial charge in [0.25, 0.3) is 0 Å². The Morgan fingerprint density at radius 3 is 2.48 bits per heavy atom. The van der Waals surface area contributed by atoms with Crippen LogP contribution in [0, 0.1) is 0 Å². The minimum atomic E-state index is -0.00176. The molecule has 0 amide bonds. The molecule has 0 aromatic heterocycles. The molecule has 2 rings (SSSR count). The van der Waals surface area contributed by atoms with Gasteiger partial charge < -0.3 is 0 Å². The van der Waals surface area contributed by atoms with Crippen LogP contribution in [0.1, 0.15) is 15.9 Å². The molecule has 0 fully saturated rings. The van der Waals surface area contributed by atoms with Crippen LogP contribution in [0.15, 0.2) is 42.5 Å². The Kier molecular flexibility index (Phi) is 5.65. The van der Waals surface area contributed by atoms with E-state index in [1.165, 1.54) is 0 Å². The number of hydrogen-bond acceptors (Lipinski definition) is 2. The Morgan fingerprint density at radius 2 is 1.81 bits per heavy atom. The topological polar surface area (TPSA) is 20.3 Å². The second kappa shape index (κ2) is 7.28. The van der Waals surface area contributed by atoms with Crippen molar-refractivity contribution in [2.75, 3.05) is 13.6 Å². The molecule has 0 atom stereocenters. The Labute approximate surface area is 139 Å². The summed E-state index contributed by atoms with van der Waals surface area (Å²) in [5.74, 6) is -0.00176. The SMILES string of the molecule is CN(CC(=O)c1ccc(Cl)c(Cl)c1)Cc1cccc(Cl)c1. The van der Waals surface area contributed by atoms with Gasteiger partial charge in [-0.05, 0) is 42.9 Å². The van der Waals surface area contributed by atoms with Crippen molar-refractivity contribution >= 4 is 40.6 Å². The monoisotopic (exact) mass is 341 g/mol. The van der Waals surface area contributed by atoms with E-state index in [0.29, 0.717) is 33.7 Å². The second-order valence-electron chi connectivity index (χ2n) is 4.85. The average Bonchev–Trinajstić information content (AvgIpc) is 2.41. The molecule has 0 aliphatic rings. The first kappa shape index (κ1) is 16.3. The summed E-state index contributed by atoms with van der Waals surface area (Å²) in [5, 5.41) is 1.53. The van der Waals surface area contributed by atoms with Crippen LogP contribution < -0.4 is 0 Å². The predicted octanol–water partition coefficient (Wildman–Crippen LogP) is 4.96. The van der Waals surface area contributed by atoms with Gasteiger partial charge in [0.05, 0.1) is 16.6 Å². The van der Waals surface area contributed by atoms with Gasteiger partial charge in [0.2, 0.25) is 0 Å². The number of rotatable bonds is 5. The molecule has 0 aliphatic heterocycles. The van der Waals surface area contributed by atoms with Gasteiger partial charge in [-0.15, -0.1) is 0 Å². The number of carbonyl (C=O) groups excluding carboxylic acids is 1. The highest BCUT2D eigenvalue weighted by Gasteiger charge is 2.11. The maximum atomic E-state index is 12.2. The van der Waals surface area contributed by atoms with Crippen molar-refractivity contribution in [2.45, 2.75) is 6.54 Å². The number of benzene rings is 2. The van der Waals surface area contributed by atoms with Crippen molar-refractivity contribution in [1.29, 1.82) is 0 Å². The molecule has 21 heavy (non-hydrogen) atoms. The van der Waals surface area contributed by atoms with Crippen molar-refractivity contribution in [2.24, 2.45) is 0 Å². The van der Waals surface area contributed by atoms with Gasteiger partial charge in [0.15, 0.2) is 5.78 Å². The largest absolute Gasteiger partial charge is 0.295 e. The number of halogens is 3. The normalized spacial score (nSPS) is 10.9. The van der Waals surface area contributed by atoms with Gasteiger partial charge in [0.1, 0.15) is 0 Å². The lowest BCUT2D eigenvalue weighted by atomic mass is 10.1. The third-order valence-electron chi connectivity index (χ3n) is 3.00. The highest BCUT2D eigenvalue weighted by atomic mass is 35.5. The molecular weight excluding hydrogens is 329 g/mol. The van der Waals surface area contributed by atoms with Crippen LogP contribution in [-0.4, -0.2) is 24.3 Å². The maximum absolute atomic E-state index is 12.2. The number of nitrogens with zero attached hydrogens (tertiary/aromatic N) is 1. The minimum absolute atomic E-state index is 0.00176. The molecule has 0 heterocycles. The van der Waals surface area contributed by atoms with E-state index < -0.39 is 0 Å². The molecule has 0 spiro atoms. The Morgan fingerprint density at radius 1 is 1.05 bits per heavy atom. The lowest BCUT2D eigenvalue weighted by Crippen LogP contribution is -2.25. The number of hydrogen-bond donors (Lipinski definition) is 0. The average molecular weight is 343 g/mol. The van der Waals surface area contributed by atoms with Gasteiger partial charge in [0, 0.05) is 17.1 Å². The van der Waals surface area contributed by atoms with Gasteiger partial charge in [-0.3, -0.25) is 9.69 Å². The zero-order valence-electron chi connectivity index (χ0n) is 11.4. The molecule has 0 N–H and O–H groups in total. The summed E-state index contributed by atoms with van der Waals surface area (Å²) in [6.07, 6.45) is 0.